The summed E-state index contributed by atoms with van der Waals surface area (Å²) in [5.74, 6) is 1.86. The Labute approximate surface area is 202 Å². The molecule has 174 valence electrons. The van der Waals surface area contributed by atoms with Crippen molar-refractivity contribution in [1.29, 1.82) is 0 Å². The van der Waals surface area contributed by atoms with Crippen LogP contribution in [0.15, 0.2) is 33.9 Å². The van der Waals surface area contributed by atoms with E-state index in [2.05, 4.69) is 38.3 Å². The first-order chi connectivity index (χ1) is 14.7. The Kier molecular flexibility index (Phi) is 12.0. The minimum absolute atomic E-state index is 0. The van der Waals surface area contributed by atoms with Crippen LogP contribution in [0.1, 0.15) is 30.0 Å². The minimum atomic E-state index is 0. The standard InChI is InChI=1S/C22H36N6O2.HI/c1-19-18-20(2)28(26-19)12-5-9-24-22(25-10-7-21-6-3-15-30-21)23-8-4-11-27-13-16-29-17-14-27;/h3,6,15,18H,4-5,7-14,16-17H2,1-2H3,(H2,23,24,25);1H. The fourth-order valence-electron chi connectivity index (χ4n) is 3.58. The van der Waals surface area contributed by atoms with Gasteiger partial charge in [-0.05, 0) is 51.4 Å². The van der Waals surface area contributed by atoms with Crippen LogP contribution in [0, 0.1) is 13.8 Å². The van der Waals surface area contributed by atoms with Crippen LogP contribution in [0.4, 0.5) is 0 Å². The van der Waals surface area contributed by atoms with Gasteiger partial charge in [-0.3, -0.25) is 14.6 Å². The molecule has 2 aromatic heterocycles. The van der Waals surface area contributed by atoms with Gasteiger partial charge in [0.05, 0.1) is 25.2 Å². The Balaban J connectivity index is 0.00000341. The number of hydrogen-bond donors (Lipinski definition) is 2. The average Bonchev–Trinajstić information content (AvgIpc) is 3.38. The molecule has 1 fully saturated rings. The Bertz CT molecular complexity index is 756. The molecule has 9 heteroatoms. The SMILES string of the molecule is Cc1cc(C)n(CCCN=C(NCCCN2CCOCC2)NCCc2ccco2)n1.I. The molecule has 0 unspecified atom stereocenters. The highest BCUT2D eigenvalue weighted by molar-refractivity contribution is 14.0. The first-order valence-electron chi connectivity index (χ1n) is 11.1. The van der Waals surface area contributed by atoms with Gasteiger partial charge in [-0.2, -0.15) is 5.10 Å². The Morgan fingerprint density at radius 2 is 1.94 bits per heavy atom. The van der Waals surface area contributed by atoms with E-state index in [9.17, 15) is 0 Å². The van der Waals surface area contributed by atoms with Crippen molar-refractivity contribution in [2.24, 2.45) is 4.99 Å². The number of aryl methyl sites for hydroxylation is 3. The molecule has 0 spiro atoms. The van der Waals surface area contributed by atoms with Crippen molar-refractivity contribution in [3.8, 4) is 0 Å². The normalized spacial score (nSPS) is 15.0. The van der Waals surface area contributed by atoms with Crippen molar-refractivity contribution in [2.75, 3.05) is 52.5 Å². The molecule has 1 saturated heterocycles. The number of aliphatic imine (C=N–C) groups is 1. The molecule has 8 nitrogen and oxygen atoms in total. The van der Waals surface area contributed by atoms with E-state index in [0.717, 1.165) is 95.7 Å². The predicted octanol–water partition coefficient (Wildman–Crippen LogP) is 2.60. The fourth-order valence-corrected chi connectivity index (χ4v) is 3.58. The quantitative estimate of drug-likeness (QED) is 0.196. The molecule has 3 rings (SSSR count). The lowest BCUT2D eigenvalue weighted by Crippen LogP contribution is -2.41. The van der Waals surface area contributed by atoms with Crippen molar-refractivity contribution >= 4 is 29.9 Å². The molecule has 31 heavy (non-hydrogen) atoms. The van der Waals surface area contributed by atoms with E-state index in [0.29, 0.717) is 0 Å². The molecule has 1 aliphatic rings. The summed E-state index contributed by atoms with van der Waals surface area (Å²) in [6.45, 7) is 12.3. The number of morpholine rings is 1. The lowest BCUT2D eigenvalue weighted by molar-refractivity contribution is 0.0376. The Morgan fingerprint density at radius 3 is 2.65 bits per heavy atom. The first-order valence-corrected chi connectivity index (χ1v) is 11.1. The van der Waals surface area contributed by atoms with Crippen molar-refractivity contribution in [2.45, 2.75) is 39.7 Å². The van der Waals surface area contributed by atoms with Crippen LogP contribution in [-0.2, 0) is 17.7 Å². The second-order valence-corrected chi connectivity index (χ2v) is 7.72. The third-order valence-corrected chi connectivity index (χ3v) is 5.19. The van der Waals surface area contributed by atoms with Gasteiger partial charge in [-0.1, -0.05) is 0 Å². The third kappa shape index (κ3) is 9.61. The van der Waals surface area contributed by atoms with E-state index < -0.39 is 0 Å². The fraction of sp³-hybridized carbons (Fsp3) is 0.636. The van der Waals surface area contributed by atoms with Crippen LogP contribution in [0.3, 0.4) is 0 Å². The van der Waals surface area contributed by atoms with Gasteiger partial charge in [-0.25, -0.2) is 0 Å². The molecule has 0 amide bonds. The third-order valence-electron chi connectivity index (χ3n) is 5.19. The first kappa shape index (κ1) is 25.7. The van der Waals surface area contributed by atoms with Crippen LogP contribution in [0.2, 0.25) is 0 Å². The number of ether oxygens (including phenoxy) is 1. The maximum absolute atomic E-state index is 5.42. The zero-order valence-electron chi connectivity index (χ0n) is 18.8. The molecular weight excluding hydrogens is 507 g/mol. The van der Waals surface area contributed by atoms with Gasteiger partial charge in [0.2, 0.25) is 0 Å². The summed E-state index contributed by atoms with van der Waals surface area (Å²) in [6, 6.07) is 6.04. The number of hydrogen-bond acceptors (Lipinski definition) is 5. The predicted molar refractivity (Wildman–Crippen MR) is 134 cm³/mol. The molecule has 3 heterocycles. The van der Waals surface area contributed by atoms with Crippen molar-refractivity contribution in [1.82, 2.24) is 25.3 Å². The number of halogens is 1. The number of guanidine groups is 1. The van der Waals surface area contributed by atoms with E-state index in [1.165, 1.54) is 5.69 Å². The maximum atomic E-state index is 5.42. The second-order valence-electron chi connectivity index (χ2n) is 7.72. The summed E-state index contributed by atoms with van der Waals surface area (Å²) in [6.07, 6.45) is 4.60. The highest BCUT2D eigenvalue weighted by atomic mass is 127. The molecule has 0 aromatic carbocycles. The molecule has 2 N–H and O–H groups in total. The summed E-state index contributed by atoms with van der Waals surface area (Å²) in [5, 5.41) is 11.4. The summed E-state index contributed by atoms with van der Waals surface area (Å²) < 4.78 is 12.9. The molecule has 1 aliphatic heterocycles. The molecule has 2 aromatic rings. The van der Waals surface area contributed by atoms with Crippen LogP contribution >= 0.6 is 24.0 Å². The lowest BCUT2D eigenvalue weighted by Gasteiger charge is -2.26. The minimum Gasteiger partial charge on any atom is -0.469 e. The van der Waals surface area contributed by atoms with Gasteiger partial charge in [0, 0.05) is 51.4 Å². The van der Waals surface area contributed by atoms with E-state index in [1.807, 2.05) is 19.1 Å². The zero-order chi connectivity index (χ0) is 21.0. The number of rotatable bonds is 11. The molecule has 0 saturated carbocycles. The topological polar surface area (TPSA) is 79.9 Å². The molecule has 0 aliphatic carbocycles. The van der Waals surface area contributed by atoms with Crippen molar-refractivity contribution in [3.05, 3.63) is 41.6 Å². The molecule has 0 radical (unpaired) electrons. The number of nitrogens with zero attached hydrogens (tertiary/aromatic N) is 4. The van der Waals surface area contributed by atoms with E-state index >= 15 is 0 Å². The summed E-state index contributed by atoms with van der Waals surface area (Å²) in [4.78, 5) is 7.23. The van der Waals surface area contributed by atoms with Gasteiger partial charge in [-0.15, -0.1) is 24.0 Å². The maximum Gasteiger partial charge on any atom is 0.191 e. The highest BCUT2D eigenvalue weighted by Gasteiger charge is 2.09. The Morgan fingerprint density at radius 1 is 1.13 bits per heavy atom. The van der Waals surface area contributed by atoms with Crippen LogP contribution in [0.25, 0.3) is 0 Å². The van der Waals surface area contributed by atoms with Gasteiger partial charge in [0.25, 0.3) is 0 Å². The van der Waals surface area contributed by atoms with Crippen LogP contribution in [0.5, 0.6) is 0 Å². The molecule has 0 atom stereocenters. The molecular formula is C22H37IN6O2. The monoisotopic (exact) mass is 544 g/mol. The van der Waals surface area contributed by atoms with E-state index in [4.69, 9.17) is 14.1 Å². The summed E-state index contributed by atoms with van der Waals surface area (Å²) in [7, 11) is 0. The van der Waals surface area contributed by atoms with Gasteiger partial charge in [0.15, 0.2) is 5.96 Å². The zero-order valence-corrected chi connectivity index (χ0v) is 21.1. The van der Waals surface area contributed by atoms with Crippen LogP contribution in [-0.4, -0.2) is 73.1 Å². The number of nitrogens with one attached hydrogen (secondary N) is 2. The van der Waals surface area contributed by atoms with Crippen molar-refractivity contribution < 1.29 is 9.15 Å². The largest absolute Gasteiger partial charge is 0.469 e. The average molecular weight is 544 g/mol. The van der Waals surface area contributed by atoms with Crippen LogP contribution < -0.4 is 10.6 Å². The highest BCUT2D eigenvalue weighted by Crippen LogP contribution is 2.03. The van der Waals surface area contributed by atoms with E-state index in [1.54, 1.807) is 6.26 Å². The number of aromatic nitrogens is 2. The van der Waals surface area contributed by atoms with Gasteiger partial charge < -0.3 is 19.8 Å². The van der Waals surface area contributed by atoms with Crippen molar-refractivity contribution in [3.63, 3.8) is 0 Å². The van der Waals surface area contributed by atoms with Gasteiger partial charge >= 0.3 is 0 Å². The van der Waals surface area contributed by atoms with E-state index in [-0.39, 0.29) is 24.0 Å². The summed E-state index contributed by atoms with van der Waals surface area (Å²) in [5.41, 5.74) is 2.27. The number of furan rings is 1. The smallest absolute Gasteiger partial charge is 0.191 e. The summed E-state index contributed by atoms with van der Waals surface area (Å²) >= 11 is 0. The van der Waals surface area contributed by atoms with Gasteiger partial charge in [0.1, 0.15) is 5.76 Å². The molecule has 0 bridgehead atoms. The second kappa shape index (κ2) is 14.5. The lowest BCUT2D eigenvalue weighted by atomic mass is 10.3. The Hall–Kier alpha value is -1.59.